The second-order valence-electron chi connectivity index (χ2n) is 5.28. The molecule has 0 fully saturated rings. The molecule has 1 heterocycles. The molecule has 1 aliphatic heterocycles. The monoisotopic (exact) mass is 313 g/mol. The normalized spacial score (nSPS) is 12.6. The molecule has 5 heteroatoms. The Kier molecular flexibility index (Phi) is 4.66. The lowest BCUT2D eigenvalue weighted by molar-refractivity contribution is 0.0945. The third-order valence-corrected chi connectivity index (χ3v) is 3.48. The van der Waals surface area contributed by atoms with E-state index in [1.807, 2.05) is 31.2 Å². The van der Waals surface area contributed by atoms with Crippen LogP contribution in [-0.4, -0.2) is 32.3 Å². The highest BCUT2D eigenvalue weighted by Crippen LogP contribution is 2.30. The molecule has 1 aliphatic rings. The fraction of sp³-hybridized carbons (Fsp3) is 0.278. The molecule has 23 heavy (non-hydrogen) atoms. The van der Waals surface area contributed by atoms with Crippen molar-refractivity contribution in [3.63, 3.8) is 0 Å². The van der Waals surface area contributed by atoms with Crippen molar-refractivity contribution in [3.8, 4) is 17.2 Å². The number of benzene rings is 2. The van der Waals surface area contributed by atoms with E-state index in [0.717, 1.165) is 5.75 Å². The van der Waals surface area contributed by atoms with Crippen molar-refractivity contribution in [2.75, 3.05) is 26.4 Å². The molecule has 5 nitrogen and oxygen atoms in total. The second kappa shape index (κ2) is 7.05. The van der Waals surface area contributed by atoms with Gasteiger partial charge in [-0.05, 0) is 37.3 Å². The summed E-state index contributed by atoms with van der Waals surface area (Å²) in [6, 6.07) is 13.0. The van der Waals surface area contributed by atoms with Crippen LogP contribution in [0.25, 0.3) is 0 Å². The fourth-order valence-electron chi connectivity index (χ4n) is 2.25. The highest BCUT2D eigenvalue weighted by Gasteiger charge is 2.14. The molecule has 2 aromatic rings. The zero-order chi connectivity index (χ0) is 16.1. The van der Waals surface area contributed by atoms with Gasteiger partial charge in [0, 0.05) is 5.56 Å². The predicted molar refractivity (Wildman–Crippen MR) is 86.4 cm³/mol. The van der Waals surface area contributed by atoms with Crippen LogP contribution in [-0.2, 0) is 0 Å². The van der Waals surface area contributed by atoms with Crippen molar-refractivity contribution in [3.05, 3.63) is 53.6 Å². The third-order valence-electron chi connectivity index (χ3n) is 3.48. The smallest absolute Gasteiger partial charge is 0.251 e. The van der Waals surface area contributed by atoms with E-state index in [0.29, 0.717) is 43.4 Å². The van der Waals surface area contributed by atoms with Crippen LogP contribution < -0.4 is 19.5 Å². The number of rotatable bonds is 5. The first-order valence-corrected chi connectivity index (χ1v) is 7.60. The Labute approximate surface area is 135 Å². The highest BCUT2D eigenvalue weighted by atomic mass is 16.6. The molecule has 0 bridgehead atoms. The molecule has 0 saturated heterocycles. The lowest BCUT2D eigenvalue weighted by Crippen LogP contribution is -2.28. The van der Waals surface area contributed by atoms with E-state index in [9.17, 15) is 4.79 Å². The largest absolute Gasteiger partial charge is 0.492 e. The van der Waals surface area contributed by atoms with Gasteiger partial charge in [-0.2, -0.15) is 0 Å². The molecule has 0 unspecified atom stereocenters. The summed E-state index contributed by atoms with van der Waals surface area (Å²) in [6.45, 7) is 3.91. The van der Waals surface area contributed by atoms with Crippen molar-refractivity contribution in [1.29, 1.82) is 0 Å². The molecule has 2 aromatic carbocycles. The molecule has 1 N–H and O–H groups in total. The fourth-order valence-corrected chi connectivity index (χ4v) is 2.25. The molecule has 3 rings (SSSR count). The molecule has 0 aliphatic carbocycles. The summed E-state index contributed by atoms with van der Waals surface area (Å²) in [5.41, 5.74) is 1.73. The molecular formula is C18H19NO4. The van der Waals surface area contributed by atoms with E-state index in [1.165, 1.54) is 5.56 Å². The minimum atomic E-state index is -0.158. The van der Waals surface area contributed by atoms with Gasteiger partial charge in [0.25, 0.3) is 5.91 Å². The van der Waals surface area contributed by atoms with Crippen molar-refractivity contribution in [2.45, 2.75) is 6.92 Å². The van der Waals surface area contributed by atoms with E-state index in [4.69, 9.17) is 14.2 Å². The zero-order valence-electron chi connectivity index (χ0n) is 13.0. The number of hydrogen-bond donors (Lipinski definition) is 1. The zero-order valence-corrected chi connectivity index (χ0v) is 13.0. The summed E-state index contributed by atoms with van der Waals surface area (Å²) in [5, 5.41) is 2.83. The number of nitrogens with one attached hydrogen (secondary N) is 1. The SMILES string of the molecule is Cc1ccc(OCCNC(=O)c2ccc3c(c2)OCCO3)cc1. The number of fused-ring (bicyclic) bond motifs is 1. The Bertz CT molecular complexity index is 682. The summed E-state index contributed by atoms with van der Waals surface area (Å²) < 4.78 is 16.5. The van der Waals surface area contributed by atoms with E-state index < -0.39 is 0 Å². The van der Waals surface area contributed by atoms with Crippen LogP contribution >= 0.6 is 0 Å². The van der Waals surface area contributed by atoms with E-state index in [1.54, 1.807) is 18.2 Å². The van der Waals surface area contributed by atoms with Crippen LogP contribution in [0.4, 0.5) is 0 Å². The average Bonchev–Trinajstić information content (AvgIpc) is 2.59. The molecule has 1 amide bonds. The summed E-state index contributed by atoms with van der Waals surface area (Å²) in [6.07, 6.45) is 0. The molecule has 120 valence electrons. The van der Waals surface area contributed by atoms with Crippen LogP contribution in [0.1, 0.15) is 15.9 Å². The standard InChI is InChI=1S/C18H19NO4/c1-13-2-5-15(6-3-13)21-9-8-19-18(20)14-4-7-16-17(12-14)23-11-10-22-16/h2-7,12H,8-11H2,1H3,(H,19,20). The first kappa shape index (κ1) is 15.2. The van der Waals surface area contributed by atoms with Crippen LogP contribution in [0.2, 0.25) is 0 Å². The van der Waals surface area contributed by atoms with Crippen molar-refractivity contribution in [1.82, 2.24) is 5.32 Å². The second-order valence-corrected chi connectivity index (χ2v) is 5.28. The van der Waals surface area contributed by atoms with Gasteiger partial charge in [-0.25, -0.2) is 0 Å². The van der Waals surface area contributed by atoms with Gasteiger partial charge < -0.3 is 19.5 Å². The Morgan fingerprint density at radius 2 is 1.83 bits per heavy atom. The molecule has 0 atom stereocenters. The van der Waals surface area contributed by atoms with Gasteiger partial charge >= 0.3 is 0 Å². The Balaban J connectivity index is 1.48. The van der Waals surface area contributed by atoms with Gasteiger partial charge in [-0.1, -0.05) is 17.7 Å². The minimum absolute atomic E-state index is 0.158. The van der Waals surface area contributed by atoms with Gasteiger partial charge in [0.2, 0.25) is 0 Å². The van der Waals surface area contributed by atoms with Gasteiger partial charge in [-0.3, -0.25) is 4.79 Å². The van der Waals surface area contributed by atoms with Crippen molar-refractivity contribution in [2.24, 2.45) is 0 Å². The van der Waals surface area contributed by atoms with Crippen molar-refractivity contribution < 1.29 is 19.0 Å². The Morgan fingerprint density at radius 3 is 2.61 bits per heavy atom. The third kappa shape index (κ3) is 3.94. The predicted octanol–water partition coefficient (Wildman–Crippen LogP) is 2.58. The van der Waals surface area contributed by atoms with Crippen LogP contribution in [0, 0.1) is 6.92 Å². The van der Waals surface area contributed by atoms with E-state index >= 15 is 0 Å². The molecule has 0 radical (unpaired) electrons. The van der Waals surface area contributed by atoms with Crippen molar-refractivity contribution >= 4 is 5.91 Å². The summed E-state index contributed by atoms with van der Waals surface area (Å²) in [7, 11) is 0. The molecule has 0 spiro atoms. The first-order chi connectivity index (χ1) is 11.2. The maximum Gasteiger partial charge on any atom is 0.251 e. The number of aryl methyl sites for hydroxylation is 1. The topological polar surface area (TPSA) is 56.8 Å². The Hall–Kier alpha value is -2.69. The minimum Gasteiger partial charge on any atom is -0.492 e. The highest BCUT2D eigenvalue weighted by molar-refractivity contribution is 5.94. The molecule has 0 saturated carbocycles. The molecular weight excluding hydrogens is 294 g/mol. The van der Waals surface area contributed by atoms with Crippen LogP contribution in [0.15, 0.2) is 42.5 Å². The van der Waals surface area contributed by atoms with Crippen LogP contribution in [0.3, 0.4) is 0 Å². The maximum absolute atomic E-state index is 12.1. The van der Waals surface area contributed by atoms with E-state index in [-0.39, 0.29) is 5.91 Å². The number of ether oxygens (including phenoxy) is 3. The number of hydrogen-bond acceptors (Lipinski definition) is 4. The lowest BCUT2D eigenvalue weighted by atomic mass is 10.2. The summed E-state index contributed by atoms with van der Waals surface area (Å²) in [4.78, 5) is 12.1. The average molecular weight is 313 g/mol. The van der Waals surface area contributed by atoms with Gasteiger partial charge in [0.05, 0.1) is 6.54 Å². The quantitative estimate of drug-likeness (QED) is 0.862. The maximum atomic E-state index is 12.1. The van der Waals surface area contributed by atoms with Gasteiger partial charge in [0.1, 0.15) is 25.6 Å². The first-order valence-electron chi connectivity index (χ1n) is 7.60. The van der Waals surface area contributed by atoms with E-state index in [2.05, 4.69) is 5.32 Å². The molecule has 0 aromatic heterocycles. The lowest BCUT2D eigenvalue weighted by Gasteiger charge is -2.18. The van der Waals surface area contributed by atoms with Crippen LogP contribution in [0.5, 0.6) is 17.2 Å². The number of carbonyl (C=O) groups excluding carboxylic acids is 1. The summed E-state index contributed by atoms with van der Waals surface area (Å²) >= 11 is 0. The van der Waals surface area contributed by atoms with Gasteiger partial charge in [-0.15, -0.1) is 0 Å². The van der Waals surface area contributed by atoms with Gasteiger partial charge in [0.15, 0.2) is 11.5 Å². The Morgan fingerprint density at radius 1 is 1.09 bits per heavy atom. The number of amides is 1. The number of carbonyl (C=O) groups is 1. The summed E-state index contributed by atoms with van der Waals surface area (Å²) in [5.74, 6) is 1.92.